The Bertz CT molecular complexity index is 607. The van der Waals surface area contributed by atoms with Crippen molar-refractivity contribution in [2.24, 2.45) is 5.92 Å². The van der Waals surface area contributed by atoms with E-state index in [4.69, 9.17) is 9.47 Å². The molecule has 33 heavy (non-hydrogen) atoms. The lowest BCUT2D eigenvalue weighted by molar-refractivity contribution is -0.134. The number of piperidine rings is 1. The molecule has 2 atom stereocenters. The highest BCUT2D eigenvalue weighted by molar-refractivity contribution is 5.92. The number of carbonyl (C=O) groups excluding carboxylic acids is 3. The van der Waals surface area contributed by atoms with Crippen molar-refractivity contribution in [2.75, 3.05) is 60.6 Å². The van der Waals surface area contributed by atoms with Gasteiger partial charge in [0, 0.05) is 39.3 Å². The molecule has 1 heterocycles. The van der Waals surface area contributed by atoms with Gasteiger partial charge in [-0.25, -0.2) is 0 Å². The van der Waals surface area contributed by atoms with E-state index in [2.05, 4.69) is 24.2 Å². The zero-order valence-corrected chi connectivity index (χ0v) is 21.8. The number of hydrogen-bond donors (Lipinski definition) is 1. The Morgan fingerprint density at radius 3 is 2.45 bits per heavy atom. The number of hydrogen-bond acceptors (Lipinski definition) is 7. The van der Waals surface area contributed by atoms with Gasteiger partial charge < -0.3 is 24.5 Å². The average molecular weight is 470 g/mol. The van der Waals surface area contributed by atoms with Crippen LogP contribution in [0.1, 0.15) is 65.7 Å². The molecule has 1 rings (SSSR count). The van der Waals surface area contributed by atoms with E-state index in [1.807, 2.05) is 11.8 Å². The highest BCUT2D eigenvalue weighted by Crippen LogP contribution is 2.30. The van der Waals surface area contributed by atoms with E-state index >= 15 is 0 Å². The molecule has 0 aromatic heterocycles. The third-order valence-electron chi connectivity index (χ3n) is 7.28. The van der Waals surface area contributed by atoms with Crippen molar-refractivity contribution in [2.45, 2.75) is 76.9 Å². The van der Waals surface area contributed by atoms with Crippen molar-refractivity contribution in [1.82, 2.24) is 15.1 Å². The number of nitrogens with one attached hydrogen (secondary N) is 1. The smallest absolute Gasteiger partial charge is 0.236 e. The summed E-state index contributed by atoms with van der Waals surface area (Å²) in [6.07, 6.45) is 6.21. The fraction of sp³-hybridized carbons (Fsp3) is 0.880. The highest BCUT2D eigenvalue weighted by Gasteiger charge is 2.39. The zero-order chi connectivity index (χ0) is 24.9. The number of Topliss-reactive ketones (excluding diaryl/α,β-unsaturated/α-hetero) is 1. The van der Waals surface area contributed by atoms with Gasteiger partial charge in [-0.2, -0.15) is 0 Å². The van der Waals surface area contributed by atoms with Crippen molar-refractivity contribution in [1.29, 1.82) is 0 Å². The maximum atomic E-state index is 12.5. The molecule has 1 N–H and O–H groups in total. The summed E-state index contributed by atoms with van der Waals surface area (Å²) < 4.78 is 11.3. The Morgan fingerprint density at radius 1 is 1.24 bits per heavy atom. The van der Waals surface area contributed by atoms with E-state index in [9.17, 15) is 14.4 Å². The molecule has 0 bridgehead atoms. The second-order valence-electron chi connectivity index (χ2n) is 9.79. The molecule has 0 aliphatic carbocycles. The van der Waals surface area contributed by atoms with Crippen molar-refractivity contribution in [3.05, 3.63) is 0 Å². The summed E-state index contributed by atoms with van der Waals surface area (Å²) in [5.74, 6) is -0.409. The first-order chi connectivity index (χ1) is 15.7. The van der Waals surface area contributed by atoms with Crippen LogP contribution in [-0.2, 0) is 23.9 Å². The van der Waals surface area contributed by atoms with Crippen LogP contribution in [0.25, 0.3) is 0 Å². The van der Waals surface area contributed by atoms with E-state index in [1.165, 1.54) is 0 Å². The molecule has 1 saturated heterocycles. The Labute approximate surface area is 200 Å². The van der Waals surface area contributed by atoms with Crippen molar-refractivity contribution >= 4 is 18.0 Å². The minimum atomic E-state index is -0.550. The molecule has 1 aliphatic heterocycles. The monoisotopic (exact) mass is 469 g/mol. The molecule has 0 aromatic carbocycles. The van der Waals surface area contributed by atoms with Crippen molar-refractivity contribution in [3.8, 4) is 0 Å². The molecule has 0 spiro atoms. The van der Waals surface area contributed by atoms with Gasteiger partial charge in [-0.3, -0.25) is 14.5 Å². The molecule has 192 valence electrons. The molecule has 0 saturated carbocycles. The first-order valence-electron chi connectivity index (χ1n) is 12.4. The number of likely N-dealkylation sites (N-methyl/N-ethyl adjacent to an activating group) is 1. The van der Waals surface area contributed by atoms with Crippen LogP contribution < -0.4 is 5.32 Å². The van der Waals surface area contributed by atoms with Crippen LogP contribution in [0.15, 0.2) is 0 Å². The van der Waals surface area contributed by atoms with Gasteiger partial charge in [0.1, 0.15) is 12.1 Å². The maximum absolute atomic E-state index is 12.5. The first-order valence-corrected chi connectivity index (χ1v) is 12.4. The molecule has 1 amide bonds. The molecule has 1 aliphatic rings. The maximum Gasteiger partial charge on any atom is 0.236 e. The Morgan fingerprint density at radius 2 is 1.91 bits per heavy atom. The van der Waals surface area contributed by atoms with E-state index in [-0.39, 0.29) is 17.2 Å². The SMILES string of the molecule is CCCNCC(=O)N1CCC(COC)(N(C)CCC[C@](C)(CCC(=O)C(C)C=O)OC)CC1. The number of methoxy groups -OCH3 is 2. The minimum Gasteiger partial charge on any atom is -0.383 e. The van der Waals surface area contributed by atoms with Gasteiger partial charge in [-0.15, -0.1) is 0 Å². The first kappa shape index (κ1) is 29.7. The van der Waals surface area contributed by atoms with Crippen LogP contribution in [0.4, 0.5) is 0 Å². The summed E-state index contributed by atoms with van der Waals surface area (Å²) in [5.41, 5.74) is -0.476. The number of nitrogens with zero attached hydrogens (tertiary/aromatic N) is 2. The van der Waals surface area contributed by atoms with Gasteiger partial charge in [0.15, 0.2) is 0 Å². The van der Waals surface area contributed by atoms with Gasteiger partial charge in [0.25, 0.3) is 0 Å². The third-order valence-corrected chi connectivity index (χ3v) is 7.28. The largest absolute Gasteiger partial charge is 0.383 e. The van der Waals surface area contributed by atoms with Crippen molar-refractivity contribution in [3.63, 3.8) is 0 Å². The van der Waals surface area contributed by atoms with Crippen LogP contribution in [0.3, 0.4) is 0 Å². The summed E-state index contributed by atoms with van der Waals surface area (Å²) in [6.45, 7) is 10.0. The molecule has 1 fully saturated rings. The van der Waals surface area contributed by atoms with Crippen LogP contribution in [0.5, 0.6) is 0 Å². The Hall–Kier alpha value is -1.35. The zero-order valence-electron chi connectivity index (χ0n) is 21.8. The topological polar surface area (TPSA) is 88.2 Å². The van der Waals surface area contributed by atoms with Gasteiger partial charge in [-0.1, -0.05) is 6.92 Å². The van der Waals surface area contributed by atoms with Gasteiger partial charge >= 0.3 is 0 Å². The molecule has 8 heteroatoms. The summed E-state index contributed by atoms with van der Waals surface area (Å²) in [7, 11) is 5.56. The standard InChI is InChI=1S/C25H47N3O5/c1-7-14-26-18-23(31)28-16-12-25(13-17-28,20-32-5)27(4)15-8-10-24(3,33-6)11-9-22(30)21(2)19-29/h19,21,26H,7-18,20H2,1-6H3/t21?,24-/m1/s1. The van der Waals surface area contributed by atoms with Gasteiger partial charge in [0.05, 0.1) is 24.7 Å². The molecule has 0 aromatic rings. The molecular weight excluding hydrogens is 422 g/mol. The fourth-order valence-electron chi connectivity index (χ4n) is 4.51. The number of ether oxygens (including phenoxy) is 2. The lowest BCUT2D eigenvalue weighted by Crippen LogP contribution is -2.58. The van der Waals surface area contributed by atoms with Gasteiger partial charge in [-0.05, 0) is 72.5 Å². The summed E-state index contributed by atoms with van der Waals surface area (Å²) >= 11 is 0. The van der Waals surface area contributed by atoms with Crippen molar-refractivity contribution < 1.29 is 23.9 Å². The molecule has 0 radical (unpaired) electrons. The lowest BCUT2D eigenvalue weighted by atomic mass is 9.85. The predicted octanol–water partition coefficient (Wildman–Crippen LogP) is 2.30. The van der Waals surface area contributed by atoms with Crippen LogP contribution in [0, 0.1) is 5.92 Å². The van der Waals surface area contributed by atoms with E-state index in [0.29, 0.717) is 32.3 Å². The fourth-order valence-corrected chi connectivity index (χ4v) is 4.51. The van der Waals surface area contributed by atoms with Crippen LogP contribution in [-0.4, -0.2) is 99.5 Å². The Kier molecular flexibility index (Phi) is 13.3. The highest BCUT2D eigenvalue weighted by atomic mass is 16.5. The number of carbonyl (C=O) groups is 3. The van der Waals surface area contributed by atoms with E-state index < -0.39 is 11.5 Å². The number of rotatable bonds is 17. The molecule has 8 nitrogen and oxygen atoms in total. The number of ketones is 1. The predicted molar refractivity (Wildman–Crippen MR) is 130 cm³/mol. The minimum absolute atomic E-state index is 0.0318. The van der Waals surface area contributed by atoms with E-state index in [0.717, 1.165) is 58.3 Å². The average Bonchev–Trinajstić information content (AvgIpc) is 2.82. The lowest BCUT2D eigenvalue weighted by Gasteiger charge is -2.47. The molecular formula is C25H47N3O5. The quantitative estimate of drug-likeness (QED) is 0.199. The Balaban J connectivity index is 2.58. The third kappa shape index (κ3) is 9.43. The number of amides is 1. The number of likely N-dealkylation sites (tertiary alicyclic amines) is 1. The van der Waals surface area contributed by atoms with Crippen LogP contribution in [0.2, 0.25) is 0 Å². The van der Waals surface area contributed by atoms with E-state index in [1.54, 1.807) is 21.1 Å². The van der Waals surface area contributed by atoms with Gasteiger partial charge in [0.2, 0.25) is 5.91 Å². The van der Waals surface area contributed by atoms with Crippen LogP contribution >= 0.6 is 0 Å². The normalized spacial score (nSPS) is 18.7. The summed E-state index contributed by atoms with van der Waals surface area (Å²) in [5, 5.41) is 3.20. The summed E-state index contributed by atoms with van der Waals surface area (Å²) in [4.78, 5) is 39.7. The second kappa shape index (κ2) is 14.8. The molecule has 1 unspecified atom stereocenters. The number of aldehydes is 1. The second-order valence-corrected chi connectivity index (χ2v) is 9.79. The summed E-state index contributed by atoms with van der Waals surface area (Å²) in [6, 6.07) is 0.